The number of sulfonamides is 1. The number of hydrogen-bond donors (Lipinski definition) is 1. The number of nitrogens with one attached hydrogen (secondary N) is 1. The highest BCUT2D eigenvalue weighted by Crippen LogP contribution is 2.28. The van der Waals surface area contributed by atoms with Crippen LogP contribution in [0.4, 0.5) is 0 Å². The van der Waals surface area contributed by atoms with E-state index in [2.05, 4.69) is 4.72 Å². The summed E-state index contributed by atoms with van der Waals surface area (Å²) < 4.78 is 32.0. The average molecular weight is 338 g/mol. The zero-order valence-corrected chi connectivity index (χ0v) is 13.4. The molecule has 1 aliphatic heterocycles. The molecule has 0 unspecified atom stereocenters. The van der Waals surface area contributed by atoms with Gasteiger partial charge in [-0.05, 0) is 37.6 Å². The van der Waals surface area contributed by atoms with E-state index in [1.807, 2.05) is 6.07 Å². The van der Waals surface area contributed by atoms with Gasteiger partial charge in [-0.2, -0.15) is 0 Å². The summed E-state index contributed by atoms with van der Waals surface area (Å²) in [5, 5.41) is 0.541. The molecule has 0 amide bonds. The summed E-state index contributed by atoms with van der Waals surface area (Å²) in [7, 11) is -1.85. The summed E-state index contributed by atoms with van der Waals surface area (Å²) >= 11 is 11.9. The lowest BCUT2D eigenvalue weighted by Gasteiger charge is -2.31. The number of rotatable bonds is 4. The number of hydrogen-bond acceptors (Lipinski definition) is 3. The second kappa shape index (κ2) is 6.62. The van der Waals surface area contributed by atoms with Crippen molar-refractivity contribution in [1.29, 1.82) is 0 Å². The van der Waals surface area contributed by atoms with E-state index >= 15 is 0 Å². The molecule has 0 spiro atoms. The Bertz CT molecular complexity index is 577. The molecule has 112 valence electrons. The monoisotopic (exact) mass is 337 g/mol. The van der Waals surface area contributed by atoms with Gasteiger partial charge in [0, 0.05) is 12.5 Å². The summed E-state index contributed by atoms with van der Waals surface area (Å²) in [5.74, 6) is -0.0848. The molecule has 1 aromatic carbocycles. The van der Waals surface area contributed by atoms with Crippen LogP contribution in [0, 0.1) is 5.92 Å². The van der Waals surface area contributed by atoms with Crippen LogP contribution in [0.25, 0.3) is 0 Å². The third-order valence-corrected chi connectivity index (χ3v) is 6.30. The van der Waals surface area contributed by atoms with Crippen LogP contribution in [0.5, 0.6) is 0 Å². The molecule has 2 rings (SSSR count). The van der Waals surface area contributed by atoms with Crippen LogP contribution >= 0.6 is 23.2 Å². The molecule has 0 bridgehead atoms. The van der Waals surface area contributed by atoms with Gasteiger partial charge in [0.1, 0.15) is 0 Å². The van der Waals surface area contributed by atoms with E-state index in [9.17, 15) is 8.42 Å². The minimum atomic E-state index is -3.30. The second-order valence-electron chi connectivity index (χ2n) is 4.86. The van der Waals surface area contributed by atoms with Gasteiger partial charge in [0.25, 0.3) is 0 Å². The van der Waals surface area contributed by atoms with Gasteiger partial charge in [-0.25, -0.2) is 13.1 Å². The summed E-state index contributed by atoms with van der Waals surface area (Å²) in [4.78, 5) is 0. The Balaban J connectivity index is 2.18. The van der Waals surface area contributed by atoms with Crippen LogP contribution in [0.3, 0.4) is 0 Å². The number of halogens is 2. The predicted molar refractivity (Wildman–Crippen MR) is 80.9 cm³/mol. The summed E-state index contributed by atoms with van der Waals surface area (Å²) in [6, 6.07) is 5.37. The second-order valence-corrected chi connectivity index (χ2v) is 7.78. The third-order valence-electron chi connectivity index (χ3n) is 3.57. The summed E-state index contributed by atoms with van der Waals surface area (Å²) in [6.07, 6.45) is 1.11. The lowest BCUT2D eigenvalue weighted by Crippen LogP contribution is -2.43. The summed E-state index contributed by atoms with van der Waals surface area (Å²) in [6.45, 7) is 0.912. The van der Waals surface area contributed by atoms with Crippen LogP contribution in [0.15, 0.2) is 18.2 Å². The molecule has 20 heavy (non-hydrogen) atoms. The molecular formula is C13H17Cl2NO3S. The summed E-state index contributed by atoms with van der Waals surface area (Å²) in [5.41, 5.74) is 0.964. The topological polar surface area (TPSA) is 55.4 Å². The van der Waals surface area contributed by atoms with Gasteiger partial charge in [0.15, 0.2) is 0 Å². The van der Waals surface area contributed by atoms with E-state index in [1.165, 1.54) is 7.05 Å². The lowest BCUT2D eigenvalue weighted by atomic mass is 9.93. The highest BCUT2D eigenvalue weighted by atomic mass is 35.5. The molecule has 7 heteroatoms. The highest BCUT2D eigenvalue weighted by molar-refractivity contribution is 7.90. The molecule has 1 saturated heterocycles. The van der Waals surface area contributed by atoms with Crippen LogP contribution < -0.4 is 4.72 Å². The molecule has 0 aliphatic carbocycles. The molecule has 1 fully saturated rings. The Morgan fingerprint density at radius 2 is 2.10 bits per heavy atom. The van der Waals surface area contributed by atoms with Crippen molar-refractivity contribution in [2.75, 3.05) is 20.3 Å². The van der Waals surface area contributed by atoms with Gasteiger partial charge in [-0.3, -0.25) is 0 Å². The zero-order chi connectivity index (χ0) is 14.8. The lowest BCUT2D eigenvalue weighted by molar-refractivity contribution is 0.0570. The molecule has 0 aromatic heterocycles. The van der Waals surface area contributed by atoms with Crippen molar-refractivity contribution in [1.82, 2.24) is 4.72 Å². The van der Waals surface area contributed by atoms with E-state index < -0.39 is 15.3 Å². The van der Waals surface area contributed by atoms with Crippen molar-refractivity contribution < 1.29 is 13.2 Å². The Kier molecular flexibility index (Phi) is 5.31. The SMILES string of the molecule is CNS(=O)(=O)[C@H]1CCOC[C@H]1Cc1ccc(Cl)c(Cl)c1. The van der Waals surface area contributed by atoms with Gasteiger partial charge < -0.3 is 4.74 Å². The normalized spacial score (nSPS) is 23.8. The first-order valence-corrected chi connectivity index (χ1v) is 8.68. The minimum Gasteiger partial charge on any atom is -0.381 e. The maximum atomic E-state index is 12.1. The largest absolute Gasteiger partial charge is 0.381 e. The van der Waals surface area contributed by atoms with E-state index in [0.717, 1.165) is 5.56 Å². The smallest absolute Gasteiger partial charge is 0.214 e. The molecule has 1 aromatic rings. The minimum absolute atomic E-state index is 0.0848. The molecule has 2 atom stereocenters. The van der Waals surface area contributed by atoms with Crippen LogP contribution in [-0.4, -0.2) is 33.9 Å². The van der Waals surface area contributed by atoms with Crippen LogP contribution in [0.1, 0.15) is 12.0 Å². The van der Waals surface area contributed by atoms with E-state index in [1.54, 1.807) is 12.1 Å². The Hall–Kier alpha value is -0.330. The van der Waals surface area contributed by atoms with E-state index in [4.69, 9.17) is 27.9 Å². The molecule has 0 radical (unpaired) electrons. The van der Waals surface area contributed by atoms with Gasteiger partial charge in [-0.1, -0.05) is 29.3 Å². The maximum Gasteiger partial charge on any atom is 0.214 e. The molecule has 1 aliphatic rings. The Morgan fingerprint density at radius 3 is 2.75 bits per heavy atom. The van der Waals surface area contributed by atoms with Crippen molar-refractivity contribution >= 4 is 33.2 Å². The van der Waals surface area contributed by atoms with E-state index in [0.29, 0.717) is 36.1 Å². The number of benzene rings is 1. The van der Waals surface area contributed by atoms with Crippen molar-refractivity contribution in [2.45, 2.75) is 18.1 Å². The standard InChI is InChI=1S/C13H17Cl2NO3S/c1-16-20(17,18)13-4-5-19-8-10(13)6-9-2-3-11(14)12(15)7-9/h2-3,7,10,13,16H,4-6,8H2,1H3/t10-,13+/m1/s1. The first kappa shape index (κ1) is 16.0. The number of ether oxygens (including phenoxy) is 1. The van der Waals surface area contributed by atoms with Gasteiger partial charge >= 0.3 is 0 Å². The Labute approximate surface area is 129 Å². The van der Waals surface area contributed by atoms with Crippen molar-refractivity contribution in [2.24, 2.45) is 5.92 Å². The van der Waals surface area contributed by atoms with Crippen LogP contribution in [-0.2, 0) is 21.2 Å². The molecule has 4 nitrogen and oxygen atoms in total. The van der Waals surface area contributed by atoms with Gasteiger partial charge in [0.2, 0.25) is 10.0 Å². The molecule has 0 saturated carbocycles. The quantitative estimate of drug-likeness (QED) is 0.918. The molecule has 1 N–H and O–H groups in total. The van der Waals surface area contributed by atoms with Gasteiger partial charge in [0.05, 0.1) is 21.9 Å². The Morgan fingerprint density at radius 1 is 1.35 bits per heavy atom. The van der Waals surface area contributed by atoms with Gasteiger partial charge in [-0.15, -0.1) is 0 Å². The predicted octanol–water partition coefficient (Wildman–Crippen LogP) is 2.49. The van der Waals surface area contributed by atoms with E-state index in [-0.39, 0.29) is 5.92 Å². The fraction of sp³-hybridized carbons (Fsp3) is 0.538. The first-order valence-electron chi connectivity index (χ1n) is 6.38. The van der Waals surface area contributed by atoms with Crippen molar-refractivity contribution in [3.8, 4) is 0 Å². The van der Waals surface area contributed by atoms with Crippen molar-refractivity contribution in [3.05, 3.63) is 33.8 Å². The third kappa shape index (κ3) is 3.65. The molecular weight excluding hydrogens is 321 g/mol. The fourth-order valence-corrected chi connectivity index (χ4v) is 4.21. The maximum absolute atomic E-state index is 12.1. The first-order chi connectivity index (χ1) is 9.44. The van der Waals surface area contributed by atoms with Crippen molar-refractivity contribution in [3.63, 3.8) is 0 Å². The molecule has 1 heterocycles. The zero-order valence-electron chi connectivity index (χ0n) is 11.1. The highest BCUT2D eigenvalue weighted by Gasteiger charge is 2.35. The fourth-order valence-electron chi connectivity index (χ4n) is 2.50. The van der Waals surface area contributed by atoms with Crippen LogP contribution in [0.2, 0.25) is 10.0 Å². The average Bonchev–Trinajstić information content (AvgIpc) is 2.43.